The topological polar surface area (TPSA) is 34.1 Å². The number of hydrogen-bond acceptors (Lipinski definition) is 3. The normalized spacial score (nSPS) is 13.5. The van der Waals surface area contributed by atoms with E-state index in [0.29, 0.717) is 11.8 Å². The van der Waals surface area contributed by atoms with E-state index in [1.165, 1.54) is 12.0 Å². The van der Waals surface area contributed by atoms with Crippen LogP contribution in [0.2, 0.25) is 5.15 Å². The molecule has 0 amide bonds. The van der Waals surface area contributed by atoms with Gasteiger partial charge >= 0.3 is 0 Å². The van der Waals surface area contributed by atoms with Gasteiger partial charge in [0.2, 0.25) is 0 Å². The van der Waals surface area contributed by atoms with Crippen LogP contribution in [0.5, 0.6) is 5.75 Å². The average molecular weight is 275 g/mol. The Balaban J connectivity index is 1.79. The molecule has 0 saturated carbocycles. The fraction of sp³-hybridized carbons (Fsp3) is 0.267. The molecule has 1 aliphatic heterocycles. The van der Waals surface area contributed by atoms with E-state index in [1.54, 1.807) is 6.20 Å². The third-order valence-corrected chi connectivity index (χ3v) is 3.60. The van der Waals surface area contributed by atoms with Gasteiger partial charge in [-0.05, 0) is 30.5 Å². The molecule has 0 bridgehead atoms. The van der Waals surface area contributed by atoms with Gasteiger partial charge in [0.15, 0.2) is 0 Å². The number of anilines is 1. The summed E-state index contributed by atoms with van der Waals surface area (Å²) in [7, 11) is 0. The number of hydrogen-bond donors (Lipinski definition) is 1. The highest BCUT2D eigenvalue weighted by Gasteiger charge is 2.13. The van der Waals surface area contributed by atoms with Gasteiger partial charge in [-0.2, -0.15) is 0 Å². The lowest BCUT2D eigenvalue weighted by molar-refractivity contribution is 0.306. The summed E-state index contributed by atoms with van der Waals surface area (Å²) in [6, 6.07) is 9.96. The molecule has 1 N–H and O–H groups in total. The lowest BCUT2D eigenvalue weighted by atomic mass is 10.0. The zero-order chi connectivity index (χ0) is 13.1. The summed E-state index contributed by atoms with van der Waals surface area (Å²) in [5.41, 5.74) is 3.34. The number of para-hydroxylation sites is 1. The molecule has 0 aliphatic carbocycles. The molecular weight excluding hydrogens is 260 g/mol. The molecule has 0 saturated heterocycles. The third kappa shape index (κ3) is 2.66. The lowest BCUT2D eigenvalue weighted by Crippen LogP contribution is -2.13. The lowest BCUT2D eigenvalue weighted by Gasteiger charge is -2.21. The Morgan fingerprint density at radius 3 is 3.11 bits per heavy atom. The number of nitrogens with zero attached hydrogens (tertiary/aromatic N) is 1. The second-order valence-electron chi connectivity index (χ2n) is 4.56. The fourth-order valence-electron chi connectivity index (χ4n) is 2.28. The molecule has 0 radical (unpaired) electrons. The van der Waals surface area contributed by atoms with Crippen molar-refractivity contribution in [3.8, 4) is 5.75 Å². The fourth-order valence-corrected chi connectivity index (χ4v) is 2.45. The van der Waals surface area contributed by atoms with Gasteiger partial charge in [0.1, 0.15) is 17.5 Å². The molecule has 3 nitrogen and oxygen atoms in total. The second-order valence-corrected chi connectivity index (χ2v) is 4.92. The Morgan fingerprint density at radius 2 is 2.21 bits per heavy atom. The molecule has 0 unspecified atom stereocenters. The second kappa shape index (κ2) is 5.49. The molecular formula is C15H15ClN2O. The maximum absolute atomic E-state index is 6.03. The van der Waals surface area contributed by atoms with Crippen LogP contribution in [-0.4, -0.2) is 11.5 Å². The van der Waals surface area contributed by atoms with E-state index >= 15 is 0 Å². The van der Waals surface area contributed by atoms with Crippen LogP contribution in [0.3, 0.4) is 0 Å². The first-order chi connectivity index (χ1) is 9.34. The number of fused-ring (bicyclic) bond motifs is 1. The molecule has 1 aliphatic rings. The van der Waals surface area contributed by atoms with E-state index in [0.717, 1.165) is 30.0 Å². The number of benzene rings is 1. The van der Waals surface area contributed by atoms with Crippen LogP contribution in [0.25, 0.3) is 0 Å². The van der Waals surface area contributed by atoms with Crippen LogP contribution in [0.4, 0.5) is 5.69 Å². The Labute approximate surface area is 117 Å². The maximum Gasteiger partial charge on any atom is 0.143 e. The van der Waals surface area contributed by atoms with Crippen molar-refractivity contribution in [2.24, 2.45) is 0 Å². The van der Waals surface area contributed by atoms with Gasteiger partial charge in [0.05, 0.1) is 5.69 Å². The Morgan fingerprint density at radius 1 is 1.26 bits per heavy atom. The average Bonchev–Trinajstić information content (AvgIpc) is 2.46. The summed E-state index contributed by atoms with van der Waals surface area (Å²) in [4.78, 5) is 4.05. The molecule has 4 heteroatoms. The molecule has 1 aromatic heterocycles. The number of aryl methyl sites for hydroxylation is 1. The standard InChI is InChI=1S/C15H15ClN2O/c16-15-12(6-3-9-18-15)10-19-13-7-1-4-11-5-2-8-17-14(11)13/h1,3-4,6-7,9,17H,2,5,8,10H2. The first-order valence-corrected chi connectivity index (χ1v) is 6.80. The Hall–Kier alpha value is -1.74. The van der Waals surface area contributed by atoms with Gasteiger partial charge in [-0.1, -0.05) is 29.8 Å². The van der Waals surface area contributed by atoms with Gasteiger partial charge in [0, 0.05) is 18.3 Å². The summed E-state index contributed by atoms with van der Waals surface area (Å²) in [6.45, 7) is 1.44. The highest BCUT2D eigenvalue weighted by atomic mass is 35.5. The monoisotopic (exact) mass is 274 g/mol. The third-order valence-electron chi connectivity index (χ3n) is 3.26. The number of aromatic nitrogens is 1. The van der Waals surface area contributed by atoms with Crippen molar-refractivity contribution in [1.82, 2.24) is 4.98 Å². The van der Waals surface area contributed by atoms with Crippen molar-refractivity contribution in [2.45, 2.75) is 19.4 Å². The van der Waals surface area contributed by atoms with Gasteiger partial charge in [-0.25, -0.2) is 4.98 Å². The summed E-state index contributed by atoms with van der Waals surface area (Å²) in [6.07, 6.45) is 3.95. The minimum atomic E-state index is 0.435. The number of halogens is 1. The number of ether oxygens (including phenoxy) is 1. The van der Waals surface area contributed by atoms with Crippen LogP contribution in [-0.2, 0) is 13.0 Å². The molecule has 0 atom stereocenters. The molecule has 1 aromatic carbocycles. The summed E-state index contributed by atoms with van der Waals surface area (Å²) in [5, 5.41) is 3.91. The quantitative estimate of drug-likeness (QED) is 0.867. The Kier molecular flexibility index (Phi) is 3.56. The largest absolute Gasteiger partial charge is 0.487 e. The minimum absolute atomic E-state index is 0.435. The Bertz CT molecular complexity index is 586. The molecule has 0 fully saturated rings. The van der Waals surface area contributed by atoms with E-state index < -0.39 is 0 Å². The maximum atomic E-state index is 6.03. The van der Waals surface area contributed by atoms with Gasteiger partial charge in [-0.3, -0.25) is 0 Å². The molecule has 98 valence electrons. The van der Waals surface area contributed by atoms with E-state index in [1.807, 2.05) is 24.3 Å². The van der Waals surface area contributed by atoms with Crippen LogP contribution >= 0.6 is 11.6 Å². The summed E-state index contributed by atoms with van der Waals surface area (Å²) < 4.78 is 5.88. The summed E-state index contributed by atoms with van der Waals surface area (Å²) >= 11 is 6.03. The molecule has 19 heavy (non-hydrogen) atoms. The van der Waals surface area contributed by atoms with Gasteiger partial charge in [0.25, 0.3) is 0 Å². The van der Waals surface area contributed by atoms with E-state index in [2.05, 4.69) is 16.4 Å². The highest BCUT2D eigenvalue weighted by molar-refractivity contribution is 6.30. The molecule has 0 spiro atoms. The zero-order valence-corrected chi connectivity index (χ0v) is 11.3. The van der Waals surface area contributed by atoms with Crippen molar-refractivity contribution >= 4 is 17.3 Å². The number of nitrogens with one attached hydrogen (secondary N) is 1. The first-order valence-electron chi connectivity index (χ1n) is 6.42. The van der Waals surface area contributed by atoms with Crippen molar-refractivity contribution in [2.75, 3.05) is 11.9 Å². The van der Waals surface area contributed by atoms with Crippen LogP contribution < -0.4 is 10.1 Å². The number of rotatable bonds is 3. The van der Waals surface area contributed by atoms with Crippen molar-refractivity contribution in [1.29, 1.82) is 0 Å². The first kappa shape index (κ1) is 12.3. The smallest absolute Gasteiger partial charge is 0.143 e. The van der Waals surface area contributed by atoms with Crippen molar-refractivity contribution in [3.63, 3.8) is 0 Å². The van der Waals surface area contributed by atoms with Crippen LogP contribution in [0, 0.1) is 0 Å². The van der Waals surface area contributed by atoms with Gasteiger partial charge < -0.3 is 10.1 Å². The van der Waals surface area contributed by atoms with Crippen molar-refractivity contribution in [3.05, 3.63) is 52.8 Å². The van der Waals surface area contributed by atoms with E-state index in [4.69, 9.17) is 16.3 Å². The van der Waals surface area contributed by atoms with Gasteiger partial charge in [-0.15, -0.1) is 0 Å². The highest BCUT2D eigenvalue weighted by Crippen LogP contribution is 2.32. The summed E-state index contributed by atoms with van der Waals surface area (Å²) in [5.74, 6) is 0.886. The SMILES string of the molecule is Clc1ncccc1COc1cccc2c1NCCC2. The van der Waals surface area contributed by atoms with Crippen molar-refractivity contribution < 1.29 is 4.74 Å². The van der Waals surface area contributed by atoms with E-state index in [9.17, 15) is 0 Å². The van der Waals surface area contributed by atoms with E-state index in [-0.39, 0.29) is 0 Å². The predicted octanol–water partition coefficient (Wildman–Crippen LogP) is 3.67. The molecule has 3 rings (SSSR count). The zero-order valence-electron chi connectivity index (χ0n) is 10.5. The van der Waals surface area contributed by atoms with Crippen LogP contribution in [0.1, 0.15) is 17.5 Å². The predicted molar refractivity (Wildman–Crippen MR) is 76.8 cm³/mol. The van der Waals surface area contributed by atoms with Crippen LogP contribution in [0.15, 0.2) is 36.5 Å². The minimum Gasteiger partial charge on any atom is -0.487 e. The molecule has 2 heterocycles. The number of pyridine rings is 1. The molecule has 2 aromatic rings.